The lowest BCUT2D eigenvalue weighted by atomic mass is 10.1. The van der Waals surface area contributed by atoms with Crippen LogP contribution in [0.25, 0.3) is 0 Å². The Balaban J connectivity index is 3.54. The van der Waals surface area contributed by atoms with Gasteiger partial charge in [0.2, 0.25) is 0 Å². The van der Waals surface area contributed by atoms with E-state index in [-0.39, 0.29) is 10.9 Å². The molecule has 15 heavy (non-hydrogen) atoms. The van der Waals surface area contributed by atoms with E-state index in [0.29, 0.717) is 0 Å². The van der Waals surface area contributed by atoms with Crippen LogP contribution in [-0.4, -0.2) is 25.8 Å². The zero-order valence-electron chi connectivity index (χ0n) is 7.83. The molecule has 0 N–H and O–H groups in total. The maximum atomic E-state index is 13.3. The second-order valence-corrected chi connectivity index (χ2v) is 5.46. The standard InChI is InChI=1S/C9H8BrFO3S/c1-15(13,14)9-6(8(12)5-10)3-2-4-7(9)11/h2-4H,5H2,1H3. The average Bonchev–Trinajstić information content (AvgIpc) is 2.14. The number of carbonyl (C=O) groups is 1. The summed E-state index contributed by atoms with van der Waals surface area (Å²) in [4.78, 5) is 10.8. The Labute approximate surface area is 95.3 Å². The Morgan fingerprint density at radius 3 is 2.53 bits per heavy atom. The van der Waals surface area contributed by atoms with E-state index >= 15 is 0 Å². The third-order valence-electron chi connectivity index (χ3n) is 1.76. The van der Waals surface area contributed by atoms with Gasteiger partial charge in [-0.25, -0.2) is 12.8 Å². The summed E-state index contributed by atoms with van der Waals surface area (Å²) in [6, 6.07) is 3.62. The molecule has 1 rings (SSSR count). The lowest BCUT2D eigenvalue weighted by Crippen LogP contribution is -2.11. The highest BCUT2D eigenvalue weighted by molar-refractivity contribution is 9.09. The van der Waals surface area contributed by atoms with Crippen molar-refractivity contribution < 1.29 is 17.6 Å². The van der Waals surface area contributed by atoms with E-state index < -0.39 is 26.3 Å². The largest absolute Gasteiger partial charge is 0.293 e. The van der Waals surface area contributed by atoms with E-state index in [1.54, 1.807) is 0 Å². The number of carbonyl (C=O) groups excluding carboxylic acids is 1. The van der Waals surface area contributed by atoms with Gasteiger partial charge in [0.05, 0.1) is 5.33 Å². The Morgan fingerprint density at radius 2 is 2.07 bits per heavy atom. The van der Waals surface area contributed by atoms with Gasteiger partial charge in [-0.3, -0.25) is 4.79 Å². The van der Waals surface area contributed by atoms with E-state index in [0.717, 1.165) is 12.3 Å². The molecule has 3 nitrogen and oxygen atoms in total. The molecule has 0 fully saturated rings. The van der Waals surface area contributed by atoms with Gasteiger partial charge in [-0.1, -0.05) is 22.0 Å². The Hall–Kier alpha value is -0.750. The molecule has 0 saturated heterocycles. The fourth-order valence-electron chi connectivity index (χ4n) is 1.18. The van der Waals surface area contributed by atoms with Crippen LogP contribution in [0.1, 0.15) is 10.4 Å². The van der Waals surface area contributed by atoms with Crippen LogP contribution >= 0.6 is 15.9 Å². The van der Waals surface area contributed by atoms with E-state index in [1.807, 2.05) is 0 Å². The second-order valence-electron chi connectivity index (χ2n) is 2.95. The highest BCUT2D eigenvalue weighted by Crippen LogP contribution is 2.20. The molecule has 82 valence electrons. The first-order valence-corrected chi connectivity index (χ1v) is 6.97. The maximum absolute atomic E-state index is 13.3. The lowest BCUT2D eigenvalue weighted by Gasteiger charge is -2.06. The highest BCUT2D eigenvalue weighted by Gasteiger charge is 2.21. The number of hydrogen-bond acceptors (Lipinski definition) is 3. The van der Waals surface area contributed by atoms with E-state index in [4.69, 9.17) is 0 Å². The highest BCUT2D eigenvalue weighted by atomic mass is 79.9. The molecular weight excluding hydrogens is 287 g/mol. The van der Waals surface area contributed by atoms with Gasteiger partial charge in [-0.05, 0) is 12.1 Å². The number of alkyl halides is 1. The minimum atomic E-state index is -3.74. The Bertz CT molecular complexity index is 496. The first-order chi connectivity index (χ1) is 6.88. The molecule has 0 amide bonds. The van der Waals surface area contributed by atoms with Crippen LogP contribution in [0.3, 0.4) is 0 Å². The topological polar surface area (TPSA) is 51.2 Å². The molecule has 0 heterocycles. The molecule has 0 bridgehead atoms. The van der Waals surface area contributed by atoms with E-state index in [1.165, 1.54) is 12.1 Å². The zero-order valence-corrected chi connectivity index (χ0v) is 10.2. The van der Waals surface area contributed by atoms with Gasteiger partial charge in [0, 0.05) is 11.8 Å². The minimum Gasteiger partial charge on any atom is -0.293 e. The fraction of sp³-hybridized carbons (Fsp3) is 0.222. The SMILES string of the molecule is CS(=O)(=O)c1c(F)cccc1C(=O)CBr. The summed E-state index contributed by atoms with van der Waals surface area (Å²) in [5, 5.41) is -0.0427. The molecule has 0 aliphatic heterocycles. The third kappa shape index (κ3) is 2.63. The summed E-state index contributed by atoms with van der Waals surface area (Å²) >= 11 is 2.91. The smallest absolute Gasteiger partial charge is 0.179 e. The number of halogens is 2. The van der Waals surface area contributed by atoms with Gasteiger partial charge in [0.1, 0.15) is 10.7 Å². The number of rotatable bonds is 3. The number of benzene rings is 1. The van der Waals surface area contributed by atoms with Crippen LogP contribution in [0, 0.1) is 5.82 Å². The van der Waals surface area contributed by atoms with Crippen LogP contribution in [-0.2, 0) is 9.84 Å². The van der Waals surface area contributed by atoms with Crippen molar-refractivity contribution in [1.29, 1.82) is 0 Å². The van der Waals surface area contributed by atoms with Gasteiger partial charge in [0.15, 0.2) is 15.6 Å². The average molecular weight is 295 g/mol. The maximum Gasteiger partial charge on any atom is 0.179 e. The van der Waals surface area contributed by atoms with Crippen LogP contribution in [0.2, 0.25) is 0 Å². The van der Waals surface area contributed by atoms with Gasteiger partial charge in [-0.2, -0.15) is 0 Å². The summed E-state index contributed by atoms with van der Waals surface area (Å²) in [5.41, 5.74) is -0.116. The summed E-state index contributed by atoms with van der Waals surface area (Å²) in [7, 11) is -3.74. The molecular formula is C9H8BrFO3S. The zero-order chi connectivity index (χ0) is 11.6. The van der Waals surface area contributed by atoms with Crippen molar-refractivity contribution in [2.45, 2.75) is 4.90 Å². The van der Waals surface area contributed by atoms with Crippen molar-refractivity contribution in [3.8, 4) is 0 Å². The number of sulfone groups is 1. The van der Waals surface area contributed by atoms with Crippen molar-refractivity contribution >= 4 is 31.6 Å². The van der Waals surface area contributed by atoms with Crippen molar-refractivity contribution in [1.82, 2.24) is 0 Å². The summed E-state index contributed by atoms with van der Waals surface area (Å²) < 4.78 is 35.9. The third-order valence-corrected chi connectivity index (χ3v) is 3.43. The molecule has 0 aliphatic carbocycles. The quantitative estimate of drug-likeness (QED) is 0.631. The van der Waals surface area contributed by atoms with E-state index in [9.17, 15) is 17.6 Å². The molecule has 0 atom stereocenters. The molecule has 0 spiro atoms. The van der Waals surface area contributed by atoms with Crippen LogP contribution in [0.5, 0.6) is 0 Å². The Kier molecular flexibility index (Phi) is 3.62. The second kappa shape index (κ2) is 4.40. The van der Waals surface area contributed by atoms with Crippen molar-refractivity contribution in [3.63, 3.8) is 0 Å². The van der Waals surface area contributed by atoms with E-state index in [2.05, 4.69) is 15.9 Å². The summed E-state index contributed by atoms with van der Waals surface area (Å²) in [6.45, 7) is 0. The van der Waals surface area contributed by atoms with Crippen molar-refractivity contribution in [2.75, 3.05) is 11.6 Å². The molecule has 1 aromatic rings. The summed E-state index contributed by atoms with van der Waals surface area (Å²) in [5.74, 6) is -1.36. The van der Waals surface area contributed by atoms with Crippen molar-refractivity contribution in [2.24, 2.45) is 0 Å². The number of Topliss-reactive ketones (excluding diaryl/α,β-unsaturated/α-hetero) is 1. The fourth-order valence-corrected chi connectivity index (χ4v) is 2.48. The molecule has 0 radical (unpaired) electrons. The molecule has 0 aliphatic rings. The molecule has 0 aromatic heterocycles. The first-order valence-electron chi connectivity index (χ1n) is 3.95. The first kappa shape index (κ1) is 12.3. The monoisotopic (exact) mass is 294 g/mol. The Morgan fingerprint density at radius 1 is 1.47 bits per heavy atom. The normalized spacial score (nSPS) is 11.4. The molecule has 1 aromatic carbocycles. The van der Waals surface area contributed by atoms with Crippen LogP contribution < -0.4 is 0 Å². The van der Waals surface area contributed by atoms with Gasteiger partial charge < -0.3 is 0 Å². The minimum absolute atomic E-state index is 0.0427. The van der Waals surface area contributed by atoms with Crippen molar-refractivity contribution in [3.05, 3.63) is 29.6 Å². The predicted octanol–water partition coefficient (Wildman–Crippen LogP) is 1.81. The predicted molar refractivity (Wildman–Crippen MR) is 57.6 cm³/mol. The molecule has 6 heteroatoms. The molecule has 0 unspecified atom stereocenters. The number of hydrogen-bond donors (Lipinski definition) is 0. The van der Waals surface area contributed by atoms with Crippen LogP contribution in [0.15, 0.2) is 23.1 Å². The number of ketones is 1. The summed E-state index contributed by atoms with van der Waals surface area (Å²) in [6.07, 6.45) is 0.871. The lowest BCUT2D eigenvalue weighted by molar-refractivity contribution is 0.102. The van der Waals surface area contributed by atoms with Crippen LogP contribution in [0.4, 0.5) is 4.39 Å². The van der Waals surface area contributed by atoms with Gasteiger partial charge >= 0.3 is 0 Å². The van der Waals surface area contributed by atoms with Gasteiger partial charge in [0.25, 0.3) is 0 Å². The molecule has 0 saturated carbocycles. The van der Waals surface area contributed by atoms with Gasteiger partial charge in [-0.15, -0.1) is 0 Å².